The van der Waals surface area contributed by atoms with Crippen LogP contribution in [-0.2, 0) is 66.2 Å². The van der Waals surface area contributed by atoms with Crippen molar-refractivity contribution < 1.29 is 79.0 Å². The molecule has 0 aliphatic carbocycles. The molecule has 22 nitrogen and oxygen atoms in total. The number of hydrogen-bond donors (Lipinski definition) is 8. The first-order valence-corrected chi connectivity index (χ1v) is 35.8. The number of fused-ring (bicyclic) bond motifs is 2. The predicted octanol–water partition coefficient (Wildman–Crippen LogP) is 10.9. The maximum absolute atomic E-state index is 13.9. The Morgan fingerprint density at radius 1 is 0.667 bits per heavy atom. The van der Waals surface area contributed by atoms with E-state index in [9.17, 15) is 64.6 Å². The van der Waals surface area contributed by atoms with Gasteiger partial charge in [-0.05, 0) is 136 Å². The zero-order chi connectivity index (χ0) is 70.0. The Balaban J connectivity index is 1.05. The van der Waals surface area contributed by atoms with Gasteiger partial charge >= 0.3 is 18.0 Å². The first-order valence-electron chi connectivity index (χ1n) is 32.9. The van der Waals surface area contributed by atoms with Crippen molar-refractivity contribution in [3.05, 3.63) is 160 Å². The fourth-order valence-electron chi connectivity index (χ4n) is 12.4. The largest absolute Gasteiger partial charge is 0.493 e. The molecule has 0 bridgehead atoms. The molecule has 0 saturated carbocycles. The molecule has 24 heteroatoms. The number of anilines is 1. The van der Waals surface area contributed by atoms with Gasteiger partial charge in [0.15, 0.2) is 11.5 Å². The fourth-order valence-corrected chi connectivity index (χ4v) is 13.4. The number of Topliss-reactive ketones (excluding diaryl/α,β-unsaturated/α-hetero) is 2. The number of allylic oxidation sites excluding steroid dienone is 6. The van der Waals surface area contributed by atoms with Crippen LogP contribution < -0.4 is 26.2 Å². The van der Waals surface area contributed by atoms with Crippen LogP contribution in [0.25, 0.3) is 5.57 Å². The van der Waals surface area contributed by atoms with Crippen LogP contribution in [0.3, 0.4) is 0 Å². The van der Waals surface area contributed by atoms with E-state index in [0.29, 0.717) is 50.3 Å². The van der Waals surface area contributed by atoms with Crippen LogP contribution in [0.15, 0.2) is 142 Å². The number of carboxylic acid groups (broad SMARTS) is 2. The third-order valence-corrected chi connectivity index (χ3v) is 19.4. The zero-order valence-electron chi connectivity index (χ0n) is 55.6. The van der Waals surface area contributed by atoms with Crippen molar-refractivity contribution >= 4 is 84.2 Å². The molecule has 0 spiro atoms. The predicted molar refractivity (Wildman–Crippen MR) is 366 cm³/mol. The van der Waals surface area contributed by atoms with Gasteiger partial charge in [-0.25, -0.2) is 9.59 Å². The lowest BCUT2D eigenvalue weighted by atomic mass is 9.81. The van der Waals surface area contributed by atoms with Gasteiger partial charge in [0.05, 0.1) is 27.9 Å². The summed E-state index contributed by atoms with van der Waals surface area (Å²) in [5.74, 6) is -3.05. The molecular weight excluding hydrogens is 1270 g/mol. The highest BCUT2D eigenvalue weighted by molar-refractivity contribution is 7.86. The van der Waals surface area contributed by atoms with Gasteiger partial charge in [0.1, 0.15) is 24.1 Å². The van der Waals surface area contributed by atoms with Gasteiger partial charge in [0, 0.05) is 110 Å². The number of aliphatic carboxylic acids is 2. The minimum absolute atomic E-state index is 0.0539. The number of ketones is 2. The monoisotopic (exact) mass is 1360 g/mol. The van der Waals surface area contributed by atoms with Crippen molar-refractivity contribution in [2.45, 2.75) is 183 Å². The second-order valence-corrected chi connectivity index (χ2v) is 28.4. The van der Waals surface area contributed by atoms with Gasteiger partial charge < -0.3 is 41.1 Å². The molecular formula is C72H91N6O16S2+. The molecule has 8 N–H and O–H groups in total. The molecule has 4 aromatic rings. The van der Waals surface area contributed by atoms with Gasteiger partial charge in [-0.1, -0.05) is 95.5 Å². The van der Waals surface area contributed by atoms with Crippen LogP contribution >= 0.6 is 0 Å². The minimum Gasteiger partial charge on any atom is -0.493 e. The summed E-state index contributed by atoms with van der Waals surface area (Å²) in [6, 6.07) is 22.8. The van der Waals surface area contributed by atoms with Crippen LogP contribution in [-0.4, -0.2) is 133 Å². The van der Waals surface area contributed by atoms with Crippen LogP contribution in [0.1, 0.15) is 177 Å². The van der Waals surface area contributed by atoms with Crippen molar-refractivity contribution in [2.75, 3.05) is 37.7 Å². The number of nitrogens with one attached hydrogen (secondary N) is 4. The van der Waals surface area contributed by atoms with Crippen LogP contribution in [0, 0.1) is 0 Å². The van der Waals surface area contributed by atoms with Crippen LogP contribution in [0.5, 0.6) is 0 Å². The number of carbonyl (C=O) groups is 7. The SMILES string of the molecule is CCCCCN1C(=CC=C2OCCC(C=CC3=[N+](CCCC)c4ccc(S(=O)(=O)O)cc4C3(C)C)=C2c2ccc(C(=O)NCCCC(=O)[C@H](Cc3ccccc3)NC(=O)CCCCC(=O)CCCNC(=O)N[C@H](CCC(=O)O)C(=O)O)cc2)C(C)(C)c2cc(S(=O)(=O)O)ccc21. The maximum atomic E-state index is 13.9. The van der Waals surface area contributed by atoms with E-state index in [-0.39, 0.29) is 97.6 Å². The van der Waals surface area contributed by atoms with E-state index in [1.165, 1.54) is 18.2 Å². The molecule has 4 aromatic carbocycles. The number of amides is 4. The van der Waals surface area contributed by atoms with Gasteiger partial charge in [0.2, 0.25) is 11.6 Å². The first-order chi connectivity index (χ1) is 45.5. The lowest BCUT2D eigenvalue weighted by molar-refractivity contribution is -0.438. The summed E-state index contributed by atoms with van der Waals surface area (Å²) in [4.78, 5) is 89.7. The van der Waals surface area contributed by atoms with Gasteiger partial charge in [0.25, 0.3) is 26.1 Å². The minimum atomic E-state index is -4.50. The van der Waals surface area contributed by atoms with Gasteiger partial charge in [-0.15, -0.1) is 0 Å². The maximum Gasteiger partial charge on any atom is 0.326 e. The van der Waals surface area contributed by atoms with Crippen molar-refractivity contribution in [1.29, 1.82) is 0 Å². The van der Waals surface area contributed by atoms with E-state index in [0.717, 1.165) is 88.3 Å². The number of ether oxygens (including phenoxy) is 1. The van der Waals surface area contributed by atoms with Crippen molar-refractivity contribution in [2.24, 2.45) is 0 Å². The van der Waals surface area contributed by atoms with Crippen molar-refractivity contribution in [3.63, 3.8) is 0 Å². The average molecular weight is 1360 g/mol. The first kappa shape index (κ1) is 74.8. The summed E-state index contributed by atoms with van der Waals surface area (Å²) in [6.45, 7) is 14.2. The molecule has 0 radical (unpaired) electrons. The number of urea groups is 1. The quantitative estimate of drug-likeness (QED) is 0.0119. The Morgan fingerprint density at radius 3 is 1.98 bits per heavy atom. The third kappa shape index (κ3) is 20.0. The number of unbranched alkanes of at least 4 members (excludes halogenated alkanes) is 4. The van der Waals surface area contributed by atoms with Crippen LogP contribution in [0.4, 0.5) is 16.2 Å². The molecule has 3 heterocycles. The summed E-state index contributed by atoms with van der Waals surface area (Å²) in [7, 11) is -8.99. The lowest BCUT2D eigenvalue weighted by Gasteiger charge is -2.28. The molecule has 0 aromatic heterocycles. The number of carbonyl (C=O) groups excluding carboxylic acids is 5. The highest BCUT2D eigenvalue weighted by Gasteiger charge is 2.45. The summed E-state index contributed by atoms with van der Waals surface area (Å²) in [5, 5.41) is 28.6. The number of hydrogen-bond acceptors (Lipinski definition) is 13. The topological polar surface area (TPSA) is 332 Å². The summed E-state index contributed by atoms with van der Waals surface area (Å²) in [6.07, 6.45) is 14.4. The molecule has 0 fully saturated rings. The van der Waals surface area contributed by atoms with E-state index >= 15 is 0 Å². The molecule has 7 rings (SSSR count). The van der Waals surface area contributed by atoms with E-state index in [1.54, 1.807) is 30.3 Å². The highest BCUT2D eigenvalue weighted by atomic mass is 32.2. The Hall–Kier alpha value is -8.58. The van der Waals surface area contributed by atoms with Gasteiger partial charge in [-0.3, -0.25) is 33.1 Å². The number of benzene rings is 4. The smallest absolute Gasteiger partial charge is 0.326 e. The third-order valence-electron chi connectivity index (χ3n) is 17.7. The Morgan fingerprint density at radius 2 is 1.31 bits per heavy atom. The molecule has 516 valence electrons. The molecule has 96 heavy (non-hydrogen) atoms. The normalized spacial score (nSPS) is 16.4. The second-order valence-electron chi connectivity index (χ2n) is 25.5. The second kappa shape index (κ2) is 33.9. The highest BCUT2D eigenvalue weighted by Crippen LogP contribution is 2.49. The summed E-state index contributed by atoms with van der Waals surface area (Å²) in [5.41, 5.74) is 7.21. The van der Waals surface area contributed by atoms with E-state index < -0.39 is 67.5 Å². The average Bonchev–Trinajstić information content (AvgIpc) is 1.59. The Kier molecular flexibility index (Phi) is 26.4. The standard InChI is InChI=1S/C72H90N6O16S2/c1-7-9-16-43-78-60-34-31-54(96(91,92)93)47-56(60)72(5,6)64(78)37-35-62-67(50(39-44-94-62)29-36-63-71(3,4)55-46-53(95(88,89)90)30-33-59(55)77(63)42-10-8-2)49-25-27-51(28-26-49)68(84)73-40-18-23-61(80)58(45-48-19-12-11-13-20-48)75-65(81)24-15-14-21-52(79)22-17-41-74-70(87)76-57(69(85)86)32-38-66(82)83/h11-13,19-20,25-31,33-37,46-47,57-58H,7-10,14-18,21-24,32,38-45H2,1-6H3,(H7-,73,74,75,76,81,82,83,84,85,86,87,88,89,90,91,92,93)/p+1/t57-,58+/m1/s1. The van der Waals surface area contributed by atoms with Crippen LogP contribution in [0.2, 0.25) is 0 Å². The fraction of sp³-hybridized carbons (Fsp3) is 0.444. The molecule has 2 atom stereocenters. The van der Waals surface area contributed by atoms with E-state index in [1.807, 2.05) is 82.3 Å². The molecule has 3 aliphatic rings. The Bertz CT molecular complexity index is 3930. The number of rotatable bonds is 36. The summed E-state index contributed by atoms with van der Waals surface area (Å²) < 4.78 is 78.6. The van der Waals surface area contributed by atoms with E-state index in [2.05, 4.69) is 56.7 Å². The lowest BCUT2D eigenvalue weighted by Crippen LogP contribution is -2.46. The van der Waals surface area contributed by atoms with Crippen molar-refractivity contribution in [3.8, 4) is 0 Å². The number of carboxylic acids is 2. The van der Waals surface area contributed by atoms with Crippen molar-refractivity contribution in [1.82, 2.24) is 21.3 Å². The molecule has 3 aliphatic heterocycles. The zero-order valence-corrected chi connectivity index (χ0v) is 57.2. The summed E-state index contributed by atoms with van der Waals surface area (Å²) >= 11 is 0. The van der Waals surface area contributed by atoms with E-state index in [4.69, 9.17) is 9.84 Å². The molecule has 4 amide bonds. The molecule has 0 unspecified atom stereocenters. The number of nitrogens with zero attached hydrogens (tertiary/aromatic N) is 2. The van der Waals surface area contributed by atoms with Gasteiger partial charge in [-0.2, -0.15) is 21.4 Å². The Labute approximate surface area is 562 Å². The molecule has 0 saturated heterocycles.